The van der Waals surface area contributed by atoms with Crippen molar-refractivity contribution in [3.63, 3.8) is 0 Å². The van der Waals surface area contributed by atoms with Crippen LogP contribution >= 0.6 is 0 Å². The molecule has 1 saturated heterocycles. The van der Waals surface area contributed by atoms with Gasteiger partial charge >= 0.3 is 0 Å². The van der Waals surface area contributed by atoms with Gasteiger partial charge < -0.3 is 15.6 Å². The number of para-hydroxylation sites is 1. The minimum atomic E-state index is -0.231. The average Bonchev–Trinajstić information content (AvgIpc) is 3.01. The number of piperidine rings is 1. The van der Waals surface area contributed by atoms with Gasteiger partial charge in [0.15, 0.2) is 5.96 Å². The number of benzene rings is 2. The molecule has 2 heterocycles. The number of fused-ring (bicyclic) bond motifs is 3. The molecule has 0 aliphatic carbocycles. The molecular weight excluding hydrogens is 350 g/mol. The Kier molecular flexibility index (Phi) is 5.05. The van der Waals surface area contributed by atoms with Crippen LogP contribution in [0.5, 0.6) is 0 Å². The topological polar surface area (TPSA) is 84.4 Å². The quantitative estimate of drug-likeness (QED) is 0.484. The predicted molar refractivity (Wildman–Crippen MR) is 115 cm³/mol. The smallest absolute Gasteiger partial charge is 0.258 e. The molecule has 0 atom stereocenters. The molecule has 6 nitrogen and oxygen atoms in total. The zero-order valence-corrected chi connectivity index (χ0v) is 16.4. The van der Waals surface area contributed by atoms with Crippen molar-refractivity contribution in [2.45, 2.75) is 38.8 Å². The van der Waals surface area contributed by atoms with Crippen LogP contribution in [-0.2, 0) is 0 Å². The van der Waals surface area contributed by atoms with E-state index < -0.39 is 0 Å². The van der Waals surface area contributed by atoms with Crippen molar-refractivity contribution in [1.82, 2.24) is 15.2 Å². The fraction of sp³-hybridized carbons (Fsp3) is 0.364. The maximum Gasteiger partial charge on any atom is 0.258 e. The lowest BCUT2D eigenvalue weighted by molar-refractivity contribution is 0.0976. The highest BCUT2D eigenvalue weighted by molar-refractivity contribution is 6.12. The second kappa shape index (κ2) is 7.64. The Bertz CT molecular complexity index is 1040. The third-order valence-corrected chi connectivity index (χ3v) is 5.29. The molecule has 1 aliphatic heterocycles. The fourth-order valence-electron chi connectivity index (χ4n) is 4.10. The SMILES string of the molecule is CC(C)N=C(N)NC(=O)c1ccc2c3ccccc3n(C3CCNCC3)c2c1. The number of rotatable bonds is 3. The number of carbonyl (C=O) groups is 1. The molecule has 0 unspecified atom stereocenters. The maximum atomic E-state index is 12.7. The van der Waals surface area contributed by atoms with E-state index in [1.165, 1.54) is 16.3 Å². The Morgan fingerprint density at radius 2 is 1.86 bits per heavy atom. The minimum absolute atomic E-state index is 0.0326. The monoisotopic (exact) mass is 377 g/mol. The summed E-state index contributed by atoms with van der Waals surface area (Å²) in [5.74, 6) is -0.0788. The van der Waals surface area contributed by atoms with Crippen molar-refractivity contribution in [3.8, 4) is 0 Å². The highest BCUT2D eigenvalue weighted by Gasteiger charge is 2.21. The first-order valence-electron chi connectivity index (χ1n) is 9.92. The molecule has 4 N–H and O–H groups in total. The first-order valence-corrected chi connectivity index (χ1v) is 9.92. The van der Waals surface area contributed by atoms with Gasteiger partial charge in [0.1, 0.15) is 0 Å². The highest BCUT2D eigenvalue weighted by atomic mass is 16.1. The third-order valence-electron chi connectivity index (χ3n) is 5.29. The van der Waals surface area contributed by atoms with Gasteiger partial charge in [-0.05, 0) is 58.0 Å². The summed E-state index contributed by atoms with van der Waals surface area (Å²) in [7, 11) is 0. The van der Waals surface area contributed by atoms with E-state index in [4.69, 9.17) is 5.73 Å². The molecule has 1 aromatic heterocycles. The Morgan fingerprint density at radius 3 is 2.61 bits per heavy atom. The van der Waals surface area contributed by atoms with Gasteiger partial charge in [-0.1, -0.05) is 24.3 Å². The predicted octanol–water partition coefficient (Wildman–Crippen LogP) is 3.17. The van der Waals surface area contributed by atoms with Crippen LogP contribution in [-0.4, -0.2) is 35.6 Å². The van der Waals surface area contributed by atoms with Crippen LogP contribution in [0.15, 0.2) is 47.5 Å². The summed E-state index contributed by atoms with van der Waals surface area (Å²) >= 11 is 0. The van der Waals surface area contributed by atoms with Crippen LogP contribution in [0.1, 0.15) is 43.1 Å². The standard InChI is InChI=1S/C22H27N5O/c1-14(2)25-22(23)26-21(28)15-7-8-18-17-5-3-4-6-19(17)27(20(18)13-15)16-9-11-24-12-10-16/h3-8,13-14,16,24H,9-12H2,1-2H3,(H3,23,25,26,28). The second-order valence-electron chi connectivity index (χ2n) is 7.66. The molecule has 1 amide bonds. The number of amides is 1. The number of nitrogens with two attached hydrogens (primary N) is 1. The largest absolute Gasteiger partial charge is 0.370 e. The molecule has 146 valence electrons. The van der Waals surface area contributed by atoms with Crippen LogP contribution in [0.3, 0.4) is 0 Å². The van der Waals surface area contributed by atoms with Crippen molar-refractivity contribution in [2.75, 3.05) is 13.1 Å². The maximum absolute atomic E-state index is 12.7. The van der Waals surface area contributed by atoms with E-state index >= 15 is 0 Å². The zero-order chi connectivity index (χ0) is 19.7. The minimum Gasteiger partial charge on any atom is -0.370 e. The fourth-order valence-corrected chi connectivity index (χ4v) is 4.10. The van der Waals surface area contributed by atoms with Gasteiger partial charge in [-0.25, -0.2) is 0 Å². The number of carbonyl (C=O) groups excluding carboxylic acids is 1. The van der Waals surface area contributed by atoms with Crippen LogP contribution in [0.25, 0.3) is 21.8 Å². The summed E-state index contributed by atoms with van der Waals surface area (Å²) in [6, 6.07) is 14.8. The van der Waals surface area contributed by atoms with E-state index in [1.54, 1.807) is 0 Å². The van der Waals surface area contributed by atoms with E-state index in [0.29, 0.717) is 11.6 Å². The van der Waals surface area contributed by atoms with Crippen LogP contribution in [0.4, 0.5) is 0 Å². The molecule has 1 aliphatic rings. The number of guanidine groups is 1. The lowest BCUT2D eigenvalue weighted by atomic mass is 10.1. The van der Waals surface area contributed by atoms with Crippen LogP contribution in [0, 0.1) is 0 Å². The summed E-state index contributed by atoms with van der Waals surface area (Å²) in [6.07, 6.45) is 2.16. The molecular formula is C22H27N5O. The summed E-state index contributed by atoms with van der Waals surface area (Å²) in [5.41, 5.74) is 8.75. The van der Waals surface area contributed by atoms with Crippen molar-refractivity contribution in [1.29, 1.82) is 0 Å². The first kappa shape index (κ1) is 18.5. The van der Waals surface area contributed by atoms with Crippen molar-refractivity contribution in [3.05, 3.63) is 48.0 Å². The van der Waals surface area contributed by atoms with Gasteiger partial charge in [0.2, 0.25) is 0 Å². The molecule has 0 spiro atoms. The van der Waals surface area contributed by atoms with E-state index in [1.807, 2.05) is 32.0 Å². The van der Waals surface area contributed by atoms with Gasteiger partial charge in [-0.2, -0.15) is 0 Å². The highest BCUT2D eigenvalue weighted by Crippen LogP contribution is 2.35. The normalized spacial score (nSPS) is 16.2. The van der Waals surface area contributed by atoms with Crippen molar-refractivity contribution < 1.29 is 4.79 Å². The van der Waals surface area contributed by atoms with E-state index in [-0.39, 0.29) is 17.9 Å². The number of hydrogen-bond acceptors (Lipinski definition) is 3. The third kappa shape index (κ3) is 3.47. The summed E-state index contributed by atoms with van der Waals surface area (Å²) < 4.78 is 2.41. The van der Waals surface area contributed by atoms with Crippen molar-refractivity contribution in [2.24, 2.45) is 10.7 Å². The number of aromatic nitrogens is 1. The van der Waals surface area contributed by atoms with Gasteiger partial charge in [0, 0.05) is 33.9 Å². The summed E-state index contributed by atoms with van der Waals surface area (Å²) in [5, 5.41) is 8.53. The van der Waals surface area contributed by atoms with E-state index in [9.17, 15) is 4.79 Å². The molecule has 0 radical (unpaired) electrons. The van der Waals surface area contributed by atoms with Gasteiger partial charge in [-0.3, -0.25) is 15.1 Å². The summed E-state index contributed by atoms with van der Waals surface area (Å²) in [6.45, 7) is 5.87. The molecule has 3 aromatic rings. The first-order chi connectivity index (χ1) is 13.5. The molecule has 0 saturated carbocycles. The molecule has 4 rings (SSSR count). The molecule has 0 bridgehead atoms. The molecule has 6 heteroatoms. The van der Waals surface area contributed by atoms with Gasteiger partial charge in [0.25, 0.3) is 5.91 Å². The van der Waals surface area contributed by atoms with E-state index in [0.717, 1.165) is 31.4 Å². The summed E-state index contributed by atoms with van der Waals surface area (Å²) in [4.78, 5) is 16.9. The average molecular weight is 377 g/mol. The Labute approximate surface area is 164 Å². The molecule has 2 aromatic carbocycles. The van der Waals surface area contributed by atoms with Crippen molar-refractivity contribution >= 4 is 33.7 Å². The lowest BCUT2D eigenvalue weighted by Crippen LogP contribution is -2.37. The van der Waals surface area contributed by atoms with Gasteiger partial charge in [0.05, 0.1) is 5.52 Å². The number of aliphatic imine (C=N–C) groups is 1. The van der Waals surface area contributed by atoms with E-state index in [2.05, 4.69) is 44.5 Å². The zero-order valence-electron chi connectivity index (χ0n) is 16.4. The number of nitrogens with one attached hydrogen (secondary N) is 2. The molecule has 1 fully saturated rings. The Morgan fingerprint density at radius 1 is 1.14 bits per heavy atom. The number of nitrogens with zero attached hydrogens (tertiary/aromatic N) is 2. The Balaban J connectivity index is 1.80. The second-order valence-corrected chi connectivity index (χ2v) is 7.66. The van der Waals surface area contributed by atoms with Crippen LogP contribution in [0.2, 0.25) is 0 Å². The molecule has 28 heavy (non-hydrogen) atoms. The Hall–Kier alpha value is -2.86. The number of hydrogen-bond donors (Lipinski definition) is 3. The lowest BCUT2D eigenvalue weighted by Gasteiger charge is -2.26. The van der Waals surface area contributed by atoms with Crippen LogP contribution < -0.4 is 16.4 Å². The van der Waals surface area contributed by atoms with Gasteiger partial charge in [-0.15, -0.1) is 0 Å².